The minimum absolute atomic E-state index is 0.203. The van der Waals surface area contributed by atoms with Crippen molar-refractivity contribution in [3.63, 3.8) is 0 Å². The van der Waals surface area contributed by atoms with E-state index < -0.39 is 0 Å². The van der Waals surface area contributed by atoms with Gasteiger partial charge in [-0.15, -0.1) is 0 Å². The highest BCUT2D eigenvalue weighted by Gasteiger charge is 2.22. The van der Waals surface area contributed by atoms with E-state index in [1.807, 2.05) is 31.2 Å². The highest BCUT2D eigenvalue weighted by molar-refractivity contribution is 6.04. The molecule has 0 bridgehead atoms. The topological polar surface area (TPSA) is 82.5 Å². The van der Waals surface area contributed by atoms with Crippen LogP contribution in [0.15, 0.2) is 53.3 Å². The molecule has 7 heteroatoms. The lowest BCUT2D eigenvalue weighted by Crippen LogP contribution is -2.41. The molecule has 1 aliphatic rings. The van der Waals surface area contributed by atoms with Gasteiger partial charge in [0.1, 0.15) is 12.7 Å². The predicted molar refractivity (Wildman–Crippen MR) is 100 cm³/mol. The van der Waals surface area contributed by atoms with Crippen LogP contribution in [0.2, 0.25) is 0 Å². The minimum atomic E-state index is -0.351. The van der Waals surface area contributed by atoms with E-state index in [1.54, 1.807) is 24.3 Å². The van der Waals surface area contributed by atoms with Crippen molar-refractivity contribution in [1.82, 2.24) is 15.1 Å². The Bertz CT molecular complexity index is 1060. The summed E-state index contributed by atoms with van der Waals surface area (Å²) in [5.41, 5.74) is 0.0226. The average Bonchev–Trinajstić information content (AvgIpc) is 2.72. The number of amides is 1. The van der Waals surface area contributed by atoms with Crippen molar-refractivity contribution in [3.8, 4) is 11.5 Å². The molecule has 0 radical (unpaired) electrons. The molecule has 138 valence electrons. The van der Waals surface area contributed by atoms with Crippen molar-refractivity contribution in [2.45, 2.75) is 19.6 Å². The van der Waals surface area contributed by atoms with Gasteiger partial charge in [-0.25, -0.2) is 4.68 Å². The van der Waals surface area contributed by atoms with Gasteiger partial charge in [-0.2, -0.15) is 5.10 Å². The highest BCUT2D eigenvalue weighted by atomic mass is 16.6. The molecule has 0 aliphatic carbocycles. The van der Waals surface area contributed by atoms with E-state index >= 15 is 0 Å². The summed E-state index contributed by atoms with van der Waals surface area (Å²) in [6, 6.07) is 14.4. The fourth-order valence-electron chi connectivity index (χ4n) is 3.07. The number of carbonyl (C=O) groups excluding carboxylic acids is 1. The monoisotopic (exact) mass is 365 g/mol. The van der Waals surface area contributed by atoms with Crippen molar-refractivity contribution < 1.29 is 14.3 Å². The van der Waals surface area contributed by atoms with E-state index in [1.165, 1.54) is 4.68 Å². The Labute approximate surface area is 155 Å². The summed E-state index contributed by atoms with van der Waals surface area (Å²) < 4.78 is 12.8. The SMILES string of the molecule is CCn1nc(C(=O)NCC2COc3ccccc3O2)c2ccccc2c1=O. The summed E-state index contributed by atoms with van der Waals surface area (Å²) in [6.07, 6.45) is -0.299. The Balaban J connectivity index is 1.54. The number of fused-ring (bicyclic) bond motifs is 2. The number of para-hydroxylation sites is 2. The molecule has 2 heterocycles. The van der Waals surface area contributed by atoms with Gasteiger partial charge in [0.2, 0.25) is 0 Å². The third-order valence-corrected chi connectivity index (χ3v) is 4.44. The van der Waals surface area contributed by atoms with Crippen LogP contribution in [0.3, 0.4) is 0 Å². The summed E-state index contributed by atoms with van der Waals surface area (Å²) in [7, 11) is 0. The minimum Gasteiger partial charge on any atom is -0.486 e. The molecule has 1 aliphatic heterocycles. The second-order valence-electron chi connectivity index (χ2n) is 6.22. The van der Waals surface area contributed by atoms with Crippen LogP contribution >= 0.6 is 0 Å². The zero-order valence-corrected chi connectivity index (χ0v) is 14.8. The van der Waals surface area contributed by atoms with E-state index in [4.69, 9.17) is 9.47 Å². The third kappa shape index (κ3) is 3.23. The number of ether oxygens (including phenoxy) is 2. The van der Waals surface area contributed by atoms with Crippen LogP contribution in [-0.4, -0.2) is 34.9 Å². The van der Waals surface area contributed by atoms with Crippen molar-refractivity contribution in [3.05, 3.63) is 64.6 Å². The number of aromatic nitrogens is 2. The lowest BCUT2D eigenvalue weighted by atomic mass is 10.1. The number of aryl methyl sites for hydroxylation is 1. The predicted octanol–water partition coefficient (Wildman–Crippen LogP) is 1.99. The largest absolute Gasteiger partial charge is 0.486 e. The molecule has 0 fully saturated rings. The quantitative estimate of drug-likeness (QED) is 0.765. The standard InChI is InChI=1S/C20H19N3O4/c1-2-23-20(25)15-8-4-3-7-14(15)18(22-23)19(24)21-11-13-12-26-16-9-5-6-10-17(16)27-13/h3-10,13H,2,11-12H2,1H3,(H,21,24). The Morgan fingerprint density at radius 3 is 2.63 bits per heavy atom. The van der Waals surface area contributed by atoms with Gasteiger partial charge in [-0.1, -0.05) is 30.3 Å². The molecule has 1 aromatic heterocycles. The fraction of sp³-hybridized carbons (Fsp3) is 0.250. The molecule has 4 rings (SSSR count). The fourth-order valence-corrected chi connectivity index (χ4v) is 3.07. The number of benzene rings is 2. The number of rotatable bonds is 4. The van der Waals surface area contributed by atoms with Gasteiger partial charge in [0.25, 0.3) is 11.5 Å². The Morgan fingerprint density at radius 1 is 1.15 bits per heavy atom. The maximum atomic E-state index is 12.7. The van der Waals surface area contributed by atoms with E-state index in [-0.39, 0.29) is 29.8 Å². The van der Waals surface area contributed by atoms with Gasteiger partial charge in [-0.05, 0) is 25.1 Å². The number of nitrogens with zero attached hydrogens (tertiary/aromatic N) is 2. The summed E-state index contributed by atoms with van der Waals surface area (Å²) in [5.74, 6) is 1.00. The maximum absolute atomic E-state index is 12.7. The second kappa shape index (κ2) is 7.11. The summed E-state index contributed by atoms with van der Waals surface area (Å²) in [6.45, 7) is 2.82. The summed E-state index contributed by atoms with van der Waals surface area (Å²) >= 11 is 0. The molecule has 1 unspecified atom stereocenters. The number of hydrogen-bond acceptors (Lipinski definition) is 5. The molecule has 0 saturated carbocycles. The molecular formula is C20H19N3O4. The maximum Gasteiger partial charge on any atom is 0.274 e. The zero-order valence-electron chi connectivity index (χ0n) is 14.8. The second-order valence-corrected chi connectivity index (χ2v) is 6.22. The van der Waals surface area contributed by atoms with Crippen molar-refractivity contribution in [2.75, 3.05) is 13.2 Å². The first kappa shape index (κ1) is 17.1. The van der Waals surface area contributed by atoms with Crippen LogP contribution < -0.4 is 20.3 Å². The van der Waals surface area contributed by atoms with Crippen LogP contribution in [0.4, 0.5) is 0 Å². The first-order valence-electron chi connectivity index (χ1n) is 8.84. The van der Waals surface area contributed by atoms with Gasteiger partial charge in [-0.3, -0.25) is 9.59 Å². The van der Waals surface area contributed by atoms with Crippen molar-refractivity contribution >= 4 is 16.7 Å². The lowest BCUT2D eigenvalue weighted by molar-refractivity contribution is 0.0786. The number of carbonyl (C=O) groups is 1. The summed E-state index contributed by atoms with van der Waals surface area (Å²) in [4.78, 5) is 25.1. The summed E-state index contributed by atoms with van der Waals surface area (Å²) in [5, 5.41) is 8.09. The molecule has 3 aromatic rings. The van der Waals surface area contributed by atoms with Crippen LogP contribution in [0.25, 0.3) is 10.8 Å². The smallest absolute Gasteiger partial charge is 0.274 e. The van der Waals surface area contributed by atoms with Crippen LogP contribution in [0.5, 0.6) is 11.5 Å². The van der Waals surface area contributed by atoms with E-state index in [0.717, 1.165) is 0 Å². The Hall–Kier alpha value is -3.35. The van der Waals surface area contributed by atoms with Gasteiger partial charge >= 0.3 is 0 Å². The van der Waals surface area contributed by atoms with Gasteiger partial charge in [0.15, 0.2) is 17.2 Å². The Kier molecular flexibility index (Phi) is 4.50. The van der Waals surface area contributed by atoms with Crippen LogP contribution in [0.1, 0.15) is 17.4 Å². The molecule has 0 spiro atoms. The molecule has 27 heavy (non-hydrogen) atoms. The molecule has 7 nitrogen and oxygen atoms in total. The van der Waals surface area contributed by atoms with E-state index in [9.17, 15) is 9.59 Å². The molecule has 1 N–H and O–H groups in total. The van der Waals surface area contributed by atoms with Gasteiger partial charge in [0, 0.05) is 11.9 Å². The highest BCUT2D eigenvalue weighted by Crippen LogP contribution is 2.30. The third-order valence-electron chi connectivity index (χ3n) is 4.44. The van der Waals surface area contributed by atoms with Crippen LogP contribution in [-0.2, 0) is 6.54 Å². The first-order chi connectivity index (χ1) is 13.2. The van der Waals surface area contributed by atoms with Gasteiger partial charge in [0.05, 0.1) is 11.9 Å². The van der Waals surface area contributed by atoms with Crippen LogP contribution in [0, 0.1) is 0 Å². The Morgan fingerprint density at radius 2 is 1.85 bits per heavy atom. The van der Waals surface area contributed by atoms with Gasteiger partial charge < -0.3 is 14.8 Å². The average molecular weight is 365 g/mol. The first-order valence-corrected chi connectivity index (χ1v) is 8.84. The molecular weight excluding hydrogens is 346 g/mol. The molecule has 0 saturated heterocycles. The van der Waals surface area contributed by atoms with E-state index in [2.05, 4.69) is 10.4 Å². The van der Waals surface area contributed by atoms with Crippen molar-refractivity contribution in [1.29, 1.82) is 0 Å². The normalized spacial score (nSPS) is 15.5. The molecule has 2 aromatic carbocycles. The zero-order chi connectivity index (χ0) is 18.8. The number of nitrogens with one attached hydrogen (secondary N) is 1. The number of hydrogen-bond donors (Lipinski definition) is 1. The van der Waals surface area contributed by atoms with Crippen molar-refractivity contribution in [2.24, 2.45) is 0 Å². The lowest BCUT2D eigenvalue weighted by Gasteiger charge is -2.26. The molecule has 1 amide bonds. The molecule has 1 atom stereocenters. The van der Waals surface area contributed by atoms with E-state index in [0.29, 0.717) is 35.4 Å².